The van der Waals surface area contributed by atoms with Crippen LogP contribution in [0.2, 0.25) is 5.02 Å². The highest BCUT2D eigenvalue weighted by atomic mass is 79.9. The molecule has 0 aliphatic carbocycles. The molecule has 1 aromatic heterocycles. The van der Waals surface area contributed by atoms with Crippen LogP contribution in [0.5, 0.6) is 0 Å². The van der Waals surface area contributed by atoms with Gasteiger partial charge in [-0.05, 0) is 47.2 Å². The highest BCUT2D eigenvalue weighted by Gasteiger charge is 2.20. The van der Waals surface area contributed by atoms with E-state index in [9.17, 15) is 12.8 Å². The largest absolute Gasteiger partial charge is 0.315 e. The van der Waals surface area contributed by atoms with Crippen LogP contribution >= 0.6 is 38.9 Å². The van der Waals surface area contributed by atoms with Gasteiger partial charge in [0.2, 0.25) is 0 Å². The molecule has 0 spiro atoms. The van der Waals surface area contributed by atoms with E-state index in [2.05, 4.69) is 26.0 Å². The molecule has 0 radical (unpaired) electrons. The summed E-state index contributed by atoms with van der Waals surface area (Å²) < 4.78 is 40.6. The van der Waals surface area contributed by atoms with Crippen LogP contribution in [0.4, 0.5) is 10.1 Å². The summed E-state index contributed by atoms with van der Waals surface area (Å²) in [6, 6.07) is 5.44. The molecular formula is C12H11BrClFN2O2S2. The Kier molecular flexibility index (Phi) is 5.26. The first-order valence-corrected chi connectivity index (χ1v) is 9.21. The lowest BCUT2D eigenvalue weighted by atomic mass is 10.3. The Bertz CT molecular complexity index is 741. The molecule has 4 nitrogen and oxygen atoms in total. The summed E-state index contributed by atoms with van der Waals surface area (Å²) >= 11 is 10.1. The van der Waals surface area contributed by atoms with Gasteiger partial charge in [0, 0.05) is 15.9 Å². The standard InChI is InChI=1S/C12H11BrClFN2O2S2/c1-16-6-8-2-3-11(20-8)21(18,19)17-12-9(13)4-7(15)5-10(12)14/h2-5,16-17H,6H2,1H3. The first kappa shape index (κ1) is 16.7. The molecule has 0 saturated heterocycles. The Morgan fingerprint density at radius 2 is 2.10 bits per heavy atom. The van der Waals surface area contributed by atoms with E-state index in [-0.39, 0.29) is 19.4 Å². The minimum atomic E-state index is -3.76. The summed E-state index contributed by atoms with van der Waals surface area (Å²) in [5, 5.41) is 2.93. The Hall–Kier alpha value is -0.670. The summed E-state index contributed by atoms with van der Waals surface area (Å²) in [7, 11) is -1.99. The number of benzene rings is 1. The molecule has 0 fully saturated rings. The zero-order chi connectivity index (χ0) is 15.6. The molecule has 0 saturated carbocycles. The van der Waals surface area contributed by atoms with Gasteiger partial charge in [-0.2, -0.15) is 0 Å². The van der Waals surface area contributed by atoms with Crippen molar-refractivity contribution in [1.29, 1.82) is 0 Å². The van der Waals surface area contributed by atoms with E-state index < -0.39 is 15.8 Å². The van der Waals surface area contributed by atoms with Crippen molar-refractivity contribution >= 4 is 54.6 Å². The monoisotopic (exact) mass is 412 g/mol. The Morgan fingerprint density at radius 3 is 2.71 bits per heavy atom. The quantitative estimate of drug-likeness (QED) is 0.783. The van der Waals surface area contributed by atoms with Gasteiger partial charge in [-0.15, -0.1) is 11.3 Å². The minimum Gasteiger partial charge on any atom is -0.315 e. The Morgan fingerprint density at radius 1 is 1.38 bits per heavy atom. The molecule has 0 bridgehead atoms. The number of halogens is 3. The molecule has 2 aromatic rings. The molecule has 9 heteroatoms. The fraction of sp³-hybridized carbons (Fsp3) is 0.167. The molecule has 0 unspecified atom stereocenters. The highest BCUT2D eigenvalue weighted by Crippen LogP contribution is 2.34. The average molecular weight is 414 g/mol. The van der Waals surface area contributed by atoms with Crippen molar-refractivity contribution in [3.8, 4) is 0 Å². The molecule has 2 rings (SSSR count). The first-order valence-electron chi connectivity index (χ1n) is 5.74. The molecular weight excluding hydrogens is 403 g/mol. The maximum absolute atomic E-state index is 13.2. The summed E-state index contributed by atoms with van der Waals surface area (Å²) in [5.74, 6) is -0.553. The second-order valence-corrected chi connectivity index (χ2v) is 8.44. The number of thiophene rings is 1. The van der Waals surface area contributed by atoms with Crippen LogP contribution in [-0.4, -0.2) is 15.5 Å². The van der Waals surface area contributed by atoms with Gasteiger partial charge in [-0.25, -0.2) is 12.8 Å². The lowest BCUT2D eigenvalue weighted by Crippen LogP contribution is -2.12. The molecule has 2 N–H and O–H groups in total. The molecule has 21 heavy (non-hydrogen) atoms. The average Bonchev–Trinajstić information content (AvgIpc) is 2.84. The molecule has 114 valence electrons. The third-order valence-corrected chi connectivity index (χ3v) is 6.35. The van der Waals surface area contributed by atoms with Crippen LogP contribution < -0.4 is 10.0 Å². The van der Waals surface area contributed by atoms with E-state index in [4.69, 9.17) is 11.6 Å². The fourth-order valence-electron chi connectivity index (χ4n) is 1.60. The summed E-state index contributed by atoms with van der Waals surface area (Å²) in [6.45, 7) is 0.585. The van der Waals surface area contributed by atoms with Crippen molar-refractivity contribution in [3.05, 3.63) is 44.5 Å². The topological polar surface area (TPSA) is 58.2 Å². The van der Waals surface area contributed by atoms with Crippen LogP contribution in [0.15, 0.2) is 32.9 Å². The van der Waals surface area contributed by atoms with Crippen molar-refractivity contribution in [2.45, 2.75) is 10.8 Å². The molecule has 0 aliphatic heterocycles. The SMILES string of the molecule is CNCc1ccc(S(=O)(=O)Nc2c(Cl)cc(F)cc2Br)s1. The van der Waals surface area contributed by atoms with Crippen LogP contribution in [0.25, 0.3) is 0 Å². The van der Waals surface area contributed by atoms with Crippen molar-refractivity contribution < 1.29 is 12.8 Å². The van der Waals surface area contributed by atoms with Crippen LogP contribution in [-0.2, 0) is 16.6 Å². The van der Waals surface area contributed by atoms with Crippen LogP contribution in [0.3, 0.4) is 0 Å². The first-order chi connectivity index (χ1) is 9.83. The minimum absolute atomic E-state index is 0.0162. The van der Waals surface area contributed by atoms with Crippen LogP contribution in [0.1, 0.15) is 4.88 Å². The lowest BCUT2D eigenvalue weighted by Gasteiger charge is -2.10. The van der Waals surface area contributed by atoms with Crippen LogP contribution in [0, 0.1) is 5.82 Å². The van der Waals surface area contributed by atoms with E-state index >= 15 is 0 Å². The van der Waals surface area contributed by atoms with Gasteiger partial charge < -0.3 is 5.32 Å². The Balaban J connectivity index is 2.33. The summed E-state index contributed by atoms with van der Waals surface area (Å²) in [5.41, 5.74) is 0.113. The zero-order valence-corrected chi connectivity index (χ0v) is 14.8. The van der Waals surface area contributed by atoms with Gasteiger partial charge in [0.25, 0.3) is 10.0 Å². The van der Waals surface area contributed by atoms with Crippen molar-refractivity contribution in [2.24, 2.45) is 0 Å². The second kappa shape index (κ2) is 6.62. The van der Waals surface area contributed by atoms with E-state index in [0.29, 0.717) is 6.54 Å². The maximum Gasteiger partial charge on any atom is 0.271 e. The third kappa shape index (κ3) is 3.95. The predicted molar refractivity (Wildman–Crippen MR) is 87.0 cm³/mol. The molecule has 0 atom stereocenters. The Labute approximate surface area is 139 Å². The van der Waals surface area contributed by atoms with Gasteiger partial charge >= 0.3 is 0 Å². The number of rotatable bonds is 5. The number of sulfonamides is 1. The van der Waals surface area contributed by atoms with Gasteiger partial charge in [0.1, 0.15) is 10.0 Å². The fourth-order valence-corrected chi connectivity index (χ4v) is 5.15. The summed E-state index contributed by atoms with van der Waals surface area (Å²) in [4.78, 5) is 0.891. The predicted octanol–water partition coefficient (Wildman–Crippen LogP) is 3.82. The molecule has 0 aliphatic rings. The normalized spacial score (nSPS) is 11.6. The highest BCUT2D eigenvalue weighted by molar-refractivity contribution is 9.10. The number of nitrogens with one attached hydrogen (secondary N) is 2. The number of hydrogen-bond donors (Lipinski definition) is 2. The lowest BCUT2D eigenvalue weighted by molar-refractivity contribution is 0.603. The van der Waals surface area contributed by atoms with Crippen molar-refractivity contribution in [2.75, 3.05) is 11.8 Å². The summed E-state index contributed by atoms with van der Waals surface area (Å²) in [6.07, 6.45) is 0. The number of hydrogen-bond acceptors (Lipinski definition) is 4. The maximum atomic E-state index is 13.2. The van der Waals surface area contributed by atoms with E-state index in [1.807, 2.05) is 0 Å². The molecule has 1 heterocycles. The van der Waals surface area contributed by atoms with Gasteiger partial charge in [-0.3, -0.25) is 4.72 Å². The van der Waals surface area contributed by atoms with Gasteiger partial charge in [0.15, 0.2) is 0 Å². The van der Waals surface area contributed by atoms with E-state index in [1.165, 1.54) is 6.07 Å². The second-order valence-electron chi connectivity index (χ2n) is 4.10. The van der Waals surface area contributed by atoms with Crippen molar-refractivity contribution in [3.63, 3.8) is 0 Å². The van der Waals surface area contributed by atoms with E-state index in [0.717, 1.165) is 28.3 Å². The van der Waals surface area contributed by atoms with E-state index in [1.54, 1.807) is 13.1 Å². The molecule has 0 amide bonds. The smallest absolute Gasteiger partial charge is 0.271 e. The zero-order valence-electron chi connectivity index (χ0n) is 10.8. The van der Waals surface area contributed by atoms with Gasteiger partial charge in [0.05, 0.1) is 10.7 Å². The van der Waals surface area contributed by atoms with Gasteiger partial charge in [-0.1, -0.05) is 11.6 Å². The number of anilines is 1. The molecule has 1 aromatic carbocycles. The third-order valence-electron chi connectivity index (χ3n) is 2.50. The van der Waals surface area contributed by atoms with Crippen molar-refractivity contribution in [1.82, 2.24) is 5.32 Å².